The Morgan fingerprint density at radius 1 is 0.879 bits per heavy atom. The molecule has 1 aliphatic heterocycles. The van der Waals surface area contributed by atoms with Gasteiger partial charge in [0.25, 0.3) is 5.91 Å². The third-order valence-corrected chi connectivity index (χ3v) is 5.86. The van der Waals surface area contributed by atoms with Crippen LogP contribution in [0.5, 0.6) is 11.5 Å². The van der Waals surface area contributed by atoms with Gasteiger partial charge in [0.05, 0.1) is 19.8 Å². The zero-order valence-corrected chi connectivity index (χ0v) is 19.0. The molecule has 3 aromatic rings. The van der Waals surface area contributed by atoms with E-state index in [2.05, 4.69) is 0 Å². The molecule has 0 spiro atoms. The number of piperazine rings is 1. The molecule has 0 radical (unpaired) electrons. The Balaban J connectivity index is 1.29. The van der Waals surface area contributed by atoms with Gasteiger partial charge in [-0.25, -0.2) is 0 Å². The second kappa shape index (κ2) is 10.3. The van der Waals surface area contributed by atoms with Gasteiger partial charge in [-0.1, -0.05) is 30.3 Å². The lowest BCUT2D eigenvalue weighted by Crippen LogP contribution is -2.50. The van der Waals surface area contributed by atoms with Gasteiger partial charge in [-0.05, 0) is 24.3 Å². The van der Waals surface area contributed by atoms with Gasteiger partial charge in [-0.15, -0.1) is 0 Å². The normalized spacial score (nSPS) is 13.6. The summed E-state index contributed by atoms with van der Waals surface area (Å²) >= 11 is 0. The first-order valence-corrected chi connectivity index (χ1v) is 11.0. The summed E-state index contributed by atoms with van der Waals surface area (Å²) < 4.78 is 16.5. The van der Waals surface area contributed by atoms with E-state index in [0.717, 1.165) is 17.1 Å². The molecular weight excluding hydrogens is 420 g/mol. The van der Waals surface area contributed by atoms with Crippen LogP contribution in [0.1, 0.15) is 22.5 Å². The number of ether oxygens (including phenoxy) is 2. The van der Waals surface area contributed by atoms with Gasteiger partial charge in [-0.3, -0.25) is 9.59 Å². The van der Waals surface area contributed by atoms with E-state index < -0.39 is 0 Å². The summed E-state index contributed by atoms with van der Waals surface area (Å²) in [6, 6.07) is 18.9. The van der Waals surface area contributed by atoms with Crippen molar-refractivity contribution >= 4 is 11.8 Å². The highest BCUT2D eigenvalue weighted by atomic mass is 16.5. The number of hydrogen-bond acceptors (Lipinski definition) is 5. The van der Waals surface area contributed by atoms with Crippen molar-refractivity contribution in [3.63, 3.8) is 0 Å². The molecular formula is C26H28N2O5. The van der Waals surface area contributed by atoms with Crippen molar-refractivity contribution in [2.45, 2.75) is 12.8 Å². The number of amides is 2. The maximum absolute atomic E-state index is 13.0. The van der Waals surface area contributed by atoms with Crippen molar-refractivity contribution in [1.29, 1.82) is 0 Å². The van der Waals surface area contributed by atoms with Gasteiger partial charge in [0, 0.05) is 50.7 Å². The van der Waals surface area contributed by atoms with Crippen LogP contribution in [0.15, 0.2) is 65.1 Å². The lowest BCUT2D eigenvalue weighted by molar-refractivity contribution is -0.132. The topological polar surface area (TPSA) is 72.2 Å². The van der Waals surface area contributed by atoms with Crippen molar-refractivity contribution in [1.82, 2.24) is 9.80 Å². The summed E-state index contributed by atoms with van der Waals surface area (Å²) in [6.07, 6.45) is 0.926. The number of rotatable bonds is 7. The largest absolute Gasteiger partial charge is 0.497 e. The van der Waals surface area contributed by atoms with Crippen LogP contribution in [0.3, 0.4) is 0 Å². The van der Waals surface area contributed by atoms with E-state index in [0.29, 0.717) is 56.1 Å². The zero-order valence-electron chi connectivity index (χ0n) is 19.0. The molecule has 0 atom stereocenters. The molecule has 0 bridgehead atoms. The third kappa shape index (κ3) is 5.19. The van der Waals surface area contributed by atoms with Crippen LogP contribution in [0, 0.1) is 0 Å². The van der Waals surface area contributed by atoms with E-state index in [1.54, 1.807) is 30.2 Å². The van der Waals surface area contributed by atoms with Crippen molar-refractivity contribution < 1.29 is 23.5 Å². The van der Waals surface area contributed by atoms with Crippen LogP contribution in [0.4, 0.5) is 0 Å². The summed E-state index contributed by atoms with van der Waals surface area (Å²) in [6.45, 7) is 1.99. The van der Waals surface area contributed by atoms with Crippen molar-refractivity contribution in [3.05, 3.63) is 72.0 Å². The fourth-order valence-electron chi connectivity index (χ4n) is 3.96. The van der Waals surface area contributed by atoms with E-state index in [1.165, 1.54) is 7.11 Å². The molecule has 7 heteroatoms. The molecule has 1 aromatic heterocycles. The fraction of sp³-hybridized carbons (Fsp3) is 0.308. The first kappa shape index (κ1) is 22.5. The molecule has 7 nitrogen and oxygen atoms in total. The van der Waals surface area contributed by atoms with Crippen molar-refractivity contribution in [3.8, 4) is 22.8 Å². The molecule has 0 N–H and O–H groups in total. The minimum absolute atomic E-state index is 0.0711. The van der Waals surface area contributed by atoms with Crippen molar-refractivity contribution in [2.75, 3.05) is 40.4 Å². The number of carbonyl (C=O) groups excluding carboxylic acids is 2. The Morgan fingerprint density at radius 2 is 1.61 bits per heavy atom. The van der Waals surface area contributed by atoms with E-state index in [4.69, 9.17) is 13.9 Å². The lowest BCUT2D eigenvalue weighted by Gasteiger charge is -2.35. The summed E-state index contributed by atoms with van der Waals surface area (Å²) in [4.78, 5) is 29.3. The van der Waals surface area contributed by atoms with Crippen LogP contribution >= 0.6 is 0 Å². The number of carbonyl (C=O) groups is 2. The van der Waals surface area contributed by atoms with Gasteiger partial charge >= 0.3 is 0 Å². The Morgan fingerprint density at radius 3 is 2.30 bits per heavy atom. The highest BCUT2D eigenvalue weighted by molar-refractivity contribution is 5.97. The average molecular weight is 449 g/mol. The average Bonchev–Trinajstić information content (AvgIpc) is 3.36. The second-order valence-electron chi connectivity index (χ2n) is 7.87. The molecule has 1 saturated heterocycles. The predicted octanol–water partition coefficient (Wildman–Crippen LogP) is 3.88. The third-order valence-electron chi connectivity index (χ3n) is 5.86. The standard InChI is InChI=1S/C26H28N2O5/c1-31-21-8-11-22(24(18-21)32-2)26(30)28-16-14-27(15-17-28)25(29)13-10-20-9-12-23(33-20)19-6-4-3-5-7-19/h3-9,11-12,18H,10,13-17H2,1-2H3. The first-order valence-electron chi connectivity index (χ1n) is 11.0. The lowest BCUT2D eigenvalue weighted by atomic mass is 10.1. The number of methoxy groups -OCH3 is 2. The molecule has 172 valence electrons. The number of aryl methyl sites for hydroxylation is 1. The summed E-state index contributed by atoms with van der Waals surface area (Å²) in [5, 5.41) is 0. The van der Waals surface area contributed by atoms with Crippen LogP contribution in [-0.2, 0) is 11.2 Å². The number of nitrogens with zero attached hydrogens (tertiary/aromatic N) is 2. The molecule has 1 fully saturated rings. The highest BCUT2D eigenvalue weighted by Gasteiger charge is 2.26. The van der Waals surface area contributed by atoms with Gasteiger partial charge in [0.15, 0.2) is 0 Å². The summed E-state index contributed by atoms with van der Waals surface area (Å²) in [5.74, 6) is 2.67. The molecule has 0 saturated carbocycles. The van der Waals surface area contributed by atoms with Crippen molar-refractivity contribution in [2.24, 2.45) is 0 Å². The van der Waals surface area contributed by atoms with Gasteiger partial charge in [0.1, 0.15) is 23.0 Å². The highest BCUT2D eigenvalue weighted by Crippen LogP contribution is 2.26. The van der Waals surface area contributed by atoms with Gasteiger partial charge in [-0.2, -0.15) is 0 Å². The van der Waals surface area contributed by atoms with Crippen LogP contribution < -0.4 is 9.47 Å². The number of hydrogen-bond donors (Lipinski definition) is 0. The molecule has 2 amide bonds. The molecule has 2 heterocycles. The van der Waals surface area contributed by atoms with E-state index in [9.17, 15) is 9.59 Å². The molecule has 33 heavy (non-hydrogen) atoms. The molecule has 0 unspecified atom stereocenters. The number of benzene rings is 2. The van der Waals surface area contributed by atoms with Gasteiger partial charge < -0.3 is 23.7 Å². The SMILES string of the molecule is COc1ccc(C(=O)N2CCN(C(=O)CCc3ccc(-c4ccccc4)o3)CC2)c(OC)c1. The first-order chi connectivity index (χ1) is 16.1. The second-order valence-corrected chi connectivity index (χ2v) is 7.87. The monoisotopic (exact) mass is 448 g/mol. The van der Waals surface area contributed by atoms with E-state index in [-0.39, 0.29) is 11.8 Å². The Bertz CT molecular complexity index is 1100. The zero-order chi connectivity index (χ0) is 23.2. The predicted molar refractivity (Wildman–Crippen MR) is 124 cm³/mol. The summed E-state index contributed by atoms with van der Waals surface area (Å²) in [7, 11) is 3.10. The van der Waals surface area contributed by atoms with E-state index >= 15 is 0 Å². The maximum atomic E-state index is 13.0. The molecule has 0 aliphatic carbocycles. The molecule has 1 aliphatic rings. The smallest absolute Gasteiger partial charge is 0.257 e. The quantitative estimate of drug-likeness (QED) is 0.549. The molecule has 2 aromatic carbocycles. The van der Waals surface area contributed by atoms with Gasteiger partial charge in [0.2, 0.25) is 5.91 Å². The van der Waals surface area contributed by atoms with Crippen LogP contribution in [0.2, 0.25) is 0 Å². The Labute approximate surface area is 193 Å². The van der Waals surface area contributed by atoms with Crippen LogP contribution in [0.25, 0.3) is 11.3 Å². The summed E-state index contributed by atoms with van der Waals surface area (Å²) in [5.41, 5.74) is 1.51. The Kier molecular flexibility index (Phi) is 6.98. The maximum Gasteiger partial charge on any atom is 0.257 e. The Hall–Kier alpha value is -3.74. The fourth-order valence-corrected chi connectivity index (χ4v) is 3.96. The minimum Gasteiger partial charge on any atom is -0.497 e. The minimum atomic E-state index is -0.106. The molecule has 4 rings (SSSR count). The van der Waals surface area contributed by atoms with E-state index in [1.807, 2.05) is 47.4 Å². The number of furan rings is 1. The van der Waals surface area contributed by atoms with Crippen LogP contribution in [-0.4, -0.2) is 62.0 Å².